The monoisotopic (exact) mass is 164 g/mol. The normalized spacial score (nSPS) is 20.6. The molecule has 0 saturated carbocycles. The number of hydrogen-bond acceptors (Lipinski definition) is 2. The first kappa shape index (κ1) is 7.47. The smallest absolute Gasteiger partial charge is 0.132 e. The van der Waals surface area contributed by atoms with Crippen molar-refractivity contribution in [3.63, 3.8) is 0 Å². The van der Waals surface area contributed by atoms with Gasteiger partial charge in [-0.1, -0.05) is 6.92 Å². The average Bonchev–Trinajstić information content (AvgIpc) is 2.06. The van der Waals surface area contributed by atoms with E-state index in [4.69, 9.17) is 9.47 Å². The fourth-order valence-corrected chi connectivity index (χ4v) is 1.23. The molecule has 2 bridgehead atoms. The summed E-state index contributed by atoms with van der Waals surface area (Å²) in [6.45, 7) is 2.76. The fourth-order valence-electron chi connectivity index (χ4n) is 1.23. The zero-order chi connectivity index (χ0) is 8.39. The van der Waals surface area contributed by atoms with Gasteiger partial charge in [-0.15, -0.1) is 0 Å². The number of fused-ring (bicyclic) bond motifs is 5. The highest BCUT2D eigenvalue weighted by atomic mass is 16.5. The second kappa shape index (κ2) is 3.05. The molecular formula is C10H12O2. The van der Waals surface area contributed by atoms with Gasteiger partial charge in [0.2, 0.25) is 0 Å². The molecule has 3 rings (SSSR count). The Bertz CT molecular complexity index is 253. The molecule has 2 aliphatic rings. The van der Waals surface area contributed by atoms with Crippen LogP contribution >= 0.6 is 0 Å². The van der Waals surface area contributed by atoms with Gasteiger partial charge in [-0.25, -0.2) is 0 Å². The van der Waals surface area contributed by atoms with E-state index in [1.165, 1.54) is 0 Å². The molecule has 1 unspecified atom stereocenters. The zero-order valence-corrected chi connectivity index (χ0v) is 7.12. The second-order valence-corrected chi connectivity index (χ2v) is 2.93. The van der Waals surface area contributed by atoms with Gasteiger partial charge in [-0.05, 0) is 30.7 Å². The van der Waals surface area contributed by atoms with Gasteiger partial charge in [0.25, 0.3) is 0 Å². The maximum absolute atomic E-state index is 5.63. The van der Waals surface area contributed by atoms with Crippen molar-refractivity contribution in [1.82, 2.24) is 0 Å². The molecule has 0 radical (unpaired) electrons. The van der Waals surface area contributed by atoms with E-state index >= 15 is 0 Å². The van der Waals surface area contributed by atoms with Gasteiger partial charge in [0.1, 0.15) is 24.2 Å². The maximum Gasteiger partial charge on any atom is 0.132 e. The van der Waals surface area contributed by atoms with Crippen LogP contribution in [0.15, 0.2) is 24.3 Å². The van der Waals surface area contributed by atoms with Crippen molar-refractivity contribution in [2.75, 3.05) is 6.61 Å². The summed E-state index contributed by atoms with van der Waals surface area (Å²) in [5.74, 6) is 1.87. The third-order valence-corrected chi connectivity index (χ3v) is 2.02. The molecule has 1 aromatic carbocycles. The lowest BCUT2D eigenvalue weighted by Gasteiger charge is -2.21. The molecule has 0 amide bonds. The summed E-state index contributed by atoms with van der Waals surface area (Å²) in [5.41, 5.74) is 0. The first-order valence-electron chi connectivity index (χ1n) is 4.28. The molecule has 0 spiro atoms. The van der Waals surface area contributed by atoms with Crippen LogP contribution in [-0.4, -0.2) is 12.7 Å². The summed E-state index contributed by atoms with van der Waals surface area (Å²) < 4.78 is 11.1. The largest absolute Gasteiger partial charge is 0.490 e. The standard InChI is InChI=1S/C10H12O2/c1-2-8-7-11-9-3-5-10(12-8)6-4-9/h3-6,8H,2,7H2,1H3. The quantitative estimate of drug-likeness (QED) is 0.633. The lowest BCUT2D eigenvalue weighted by Crippen LogP contribution is -2.25. The summed E-state index contributed by atoms with van der Waals surface area (Å²) in [5, 5.41) is 0. The van der Waals surface area contributed by atoms with E-state index in [9.17, 15) is 0 Å². The van der Waals surface area contributed by atoms with Gasteiger partial charge >= 0.3 is 0 Å². The topological polar surface area (TPSA) is 18.5 Å². The summed E-state index contributed by atoms with van der Waals surface area (Å²) in [4.78, 5) is 0. The second-order valence-electron chi connectivity index (χ2n) is 2.93. The minimum Gasteiger partial charge on any atom is -0.490 e. The molecule has 0 aliphatic carbocycles. The Kier molecular flexibility index (Phi) is 1.90. The molecule has 0 fully saturated rings. The summed E-state index contributed by atoms with van der Waals surface area (Å²) >= 11 is 0. The molecule has 2 heteroatoms. The van der Waals surface area contributed by atoms with E-state index in [-0.39, 0.29) is 6.10 Å². The van der Waals surface area contributed by atoms with Gasteiger partial charge < -0.3 is 9.47 Å². The van der Waals surface area contributed by atoms with E-state index in [0.29, 0.717) is 6.61 Å². The summed E-state index contributed by atoms with van der Waals surface area (Å²) in [6.07, 6.45) is 1.18. The minimum atomic E-state index is 0.199. The lowest BCUT2D eigenvalue weighted by atomic mass is 10.2. The van der Waals surface area contributed by atoms with Crippen molar-refractivity contribution in [3.8, 4) is 11.5 Å². The molecule has 2 aliphatic heterocycles. The average molecular weight is 164 g/mol. The van der Waals surface area contributed by atoms with Gasteiger partial charge in [0.15, 0.2) is 0 Å². The van der Waals surface area contributed by atoms with E-state index in [2.05, 4.69) is 6.92 Å². The zero-order valence-electron chi connectivity index (χ0n) is 7.12. The predicted octanol–water partition coefficient (Wildman–Crippen LogP) is 2.24. The minimum absolute atomic E-state index is 0.199. The Morgan fingerprint density at radius 2 is 1.92 bits per heavy atom. The van der Waals surface area contributed by atoms with E-state index < -0.39 is 0 Å². The van der Waals surface area contributed by atoms with Crippen LogP contribution in [0.25, 0.3) is 0 Å². The molecule has 0 aromatic heterocycles. The molecule has 12 heavy (non-hydrogen) atoms. The van der Waals surface area contributed by atoms with Crippen LogP contribution in [0.4, 0.5) is 0 Å². The fraction of sp³-hybridized carbons (Fsp3) is 0.400. The van der Waals surface area contributed by atoms with Crippen LogP contribution in [-0.2, 0) is 0 Å². The van der Waals surface area contributed by atoms with Gasteiger partial charge in [-0.3, -0.25) is 0 Å². The molecular weight excluding hydrogens is 152 g/mol. The van der Waals surface area contributed by atoms with Crippen LogP contribution in [0, 0.1) is 0 Å². The molecule has 2 heterocycles. The summed E-state index contributed by atoms with van der Waals surface area (Å²) in [6, 6.07) is 7.75. The number of rotatable bonds is 1. The van der Waals surface area contributed by atoms with Crippen LogP contribution in [0.2, 0.25) is 0 Å². The van der Waals surface area contributed by atoms with E-state index in [1.807, 2.05) is 24.3 Å². The van der Waals surface area contributed by atoms with Crippen LogP contribution < -0.4 is 9.47 Å². The Balaban J connectivity index is 2.24. The van der Waals surface area contributed by atoms with E-state index in [1.54, 1.807) is 0 Å². The highest BCUT2D eigenvalue weighted by Gasteiger charge is 2.12. The highest BCUT2D eigenvalue weighted by Crippen LogP contribution is 2.22. The Labute approximate surface area is 72.1 Å². The first-order chi connectivity index (χ1) is 5.88. The number of benzene rings is 1. The molecule has 0 saturated heterocycles. The van der Waals surface area contributed by atoms with Crippen molar-refractivity contribution in [1.29, 1.82) is 0 Å². The maximum atomic E-state index is 5.63. The van der Waals surface area contributed by atoms with Crippen molar-refractivity contribution < 1.29 is 9.47 Å². The third-order valence-electron chi connectivity index (χ3n) is 2.02. The molecule has 1 atom stereocenters. The van der Waals surface area contributed by atoms with Gasteiger partial charge in [0.05, 0.1) is 0 Å². The van der Waals surface area contributed by atoms with Gasteiger partial charge in [-0.2, -0.15) is 0 Å². The molecule has 1 aromatic rings. The lowest BCUT2D eigenvalue weighted by molar-refractivity contribution is 0.119. The Morgan fingerprint density at radius 1 is 1.25 bits per heavy atom. The summed E-state index contributed by atoms with van der Waals surface area (Å²) in [7, 11) is 0. The molecule has 0 N–H and O–H groups in total. The van der Waals surface area contributed by atoms with Crippen molar-refractivity contribution in [3.05, 3.63) is 24.3 Å². The van der Waals surface area contributed by atoms with E-state index in [0.717, 1.165) is 17.9 Å². The highest BCUT2D eigenvalue weighted by molar-refractivity contribution is 5.32. The Morgan fingerprint density at radius 3 is 2.58 bits per heavy atom. The molecule has 2 nitrogen and oxygen atoms in total. The number of ether oxygens (including phenoxy) is 2. The van der Waals surface area contributed by atoms with Crippen molar-refractivity contribution in [2.24, 2.45) is 0 Å². The predicted molar refractivity (Wildman–Crippen MR) is 46.6 cm³/mol. The Hall–Kier alpha value is -1.18. The van der Waals surface area contributed by atoms with Crippen molar-refractivity contribution in [2.45, 2.75) is 19.4 Å². The van der Waals surface area contributed by atoms with Gasteiger partial charge in [0, 0.05) is 0 Å². The third kappa shape index (κ3) is 1.37. The van der Waals surface area contributed by atoms with Crippen molar-refractivity contribution >= 4 is 0 Å². The van der Waals surface area contributed by atoms with Crippen LogP contribution in [0.5, 0.6) is 11.5 Å². The first-order valence-corrected chi connectivity index (χ1v) is 4.28. The SMILES string of the molecule is CCC1COc2ccc(cc2)O1. The number of hydrogen-bond donors (Lipinski definition) is 0. The molecule has 64 valence electrons. The van der Waals surface area contributed by atoms with Crippen LogP contribution in [0.3, 0.4) is 0 Å². The van der Waals surface area contributed by atoms with Crippen LogP contribution in [0.1, 0.15) is 13.3 Å².